The van der Waals surface area contributed by atoms with Gasteiger partial charge in [-0.15, -0.1) is 0 Å². The Hall–Kier alpha value is -1.77. The number of allylic oxidation sites excluding steroid dienone is 6. The number of carbonyl (C=O) groups excluding carboxylic acids is 2. The van der Waals surface area contributed by atoms with Crippen LogP contribution in [0.25, 0.3) is 0 Å². The highest BCUT2D eigenvalue weighted by Gasteiger charge is 2.21. The summed E-state index contributed by atoms with van der Waals surface area (Å²) in [4.78, 5) is 37.6. The summed E-state index contributed by atoms with van der Waals surface area (Å²) < 4.78 is 33.9. The number of quaternary nitrogens is 1. The van der Waals surface area contributed by atoms with E-state index in [4.69, 9.17) is 18.5 Å². The maximum atomic E-state index is 12.7. The summed E-state index contributed by atoms with van der Waals surface area (Å²) in [6.07, 6.45) is 47.4. The molecule has 2 unspecified atom stereocenters. The van der Waals surface area contributed by atoms with E-state index in [2.05, 4.69) is 50.3 Å². The van der Waals surface area contributed by atoms with Crippen LogP contribution in [-0.2, 0) is 32.7 Å². The van der Waals surface area contributed by atoms with E-state index < -0.39 is 32.5 Å². The Balaban J connectivity index is 4.23. The van der Waals surface area contributed by atoms with Gasteiger partial charge in [0.25, 0.3) is 7.82 Å². The van der Waals surface area contributed by atoms with Gasteiger partial charge in [0.2, 0.25) is 0 Å². The third-order valence-electron chi connectivity index (χ3n) is 10.4. The molecule has 2 atom stereocenters. The number of likely N-dealkylation sites (N-methyl/N-ethyl adjacent to an activating group) is 1. The molecule has 0 aliphatic rings. The number of carbonyl (C=O) groups is 2. The van der Waals surface area contributed by atoms with Gasteiger partial charge in [-0.25, -0.2) is 0 Å². The van der Waals surface area contributed by atoms with E-state index in [-0.39, 0.29) is 26.1 Å². The molecule has 0 heterocycles. The van der Waals surface area contributed by atoms with Gasteiger partial charge in [-0.2, -0.15) is 0 Å². The smallest absolute Gasteiger partial charge is 0.306 e. The van der Waals surface area contributed by atoms with E-state index in [0.29, 0.717) is 17.4 Å². The van der Waals surface area contributed by atoms with Crippen LogP contribution in [0.3, 0.4) is 0 Å². The first kappa shape index (κ1) is 57.2. The van der Waals surface area contributed by atoms with Gasteiger partial charge in [-0.05, 0) is 70.6 Å². The third kappa shape index (κ3) is 45.6. The van der Waals surface area contributed by atoms with Crippen LogP contribution in [0, 0.1) is 0 Å². The first-order chi connectivity index (χ1) is 28.5. The Bertz CT molecular complexity index is 1100. The normalized spacial score (nSPS) is 13.8. The van der Waals surface area contributed by atoms with Crippen LogP contribution >= 0.6 is 7.82 Å². The zero-order chi connectivity index (χ0) is 43.6. The standard InChI is InChI=1S/C49H92NO8P/c1-6-8-10-12-14-16-18-20-21-22-23-24-25-26-27-28-29-30-32-34-36-38-40-42-49(52)58-47(46-57-59(53,54)56-44-43-50(3,4)5)45-55-48(51)41-39-37-35-33-31-19-17-15-13-11-9-7-2/h15,17-18,20,22-23,47H,6-14,16,19,21,24-46H2,1-5H3/b17-15-,20-18-,23-22-. The fraction of sp³-hybridized carbons (Fsp3) is 0.837. The molecule has 0 aromatic heterocycles. The van der Waals surface area contributed by atoms with Crippen molar-refractivity contribution >= 4 is 19.8 Å². The first-order valence-corrected chi connectivity index (χ1v) is 25.7. The molecule has 9 nitrogen and oxygen atoms in total. The van der Waals surface area contributed by atoms with Gasteiger partial charge in [0, 0.05) is 12.8 Å². The third-order valence-corrected chi connectivity index (χ3v) is 11.3. The van der Waals surface area contributed by atoms with Crippen molar-refractivity contribution in [2.24, 2.45) is 0 Å². The summed E-state index contributed by atoms with van der Waals surface area (Å²) in [5, 5.41) is 0. The first-order valence-electron chi connectivity index (χ1n) is 24.2. The van der Waals surface area contributed by atoms with E-state index in [1.165, 1.54) is 116 Å². The van der Waals surface area contributed by atoms with Gasteiger partial charge in [0.05, 0.1) is 27.7 Å². The summed E-state index contributed by atoms with van der Waals surface area (Å²) in [5.41, 5.74) is 0. The summed E-state index contributed by atoms with van der Waals surface area (Å²) in [5.74, 6) is -0.844. The molecular weight excluding hydrogens is 762 g/mol. The summed E-state index contributed by atoms with van der Waals surface area (Å²) in [6.45, 7) is 4.19. The van der Waals surface area contributed by atoms with Crippen molar-refractivity contribution < 1.29 is 42.1 Å². The highest BCUT2D eigenvalue weighted by molar-refractivity contribution is 7.45. The van der Waals surface area contributed by atoms with Crippen LogP contribution in [0.15, 0.2) is 36.5 Å². The molecule has 0 saturated heterocycles. The molecule has 0 spiro atoms. The molecule has 0 fully saturated rings. The lowest BCUT2D eigenvalue weighted by Gasteiger charge is -2.28. The van der Waals surface area contributed by atoms with E-state index in [1.807, 2.05) is 21.1 Å². The molecular formula is C49H92NO8P. The number of rotatable bonds is 44. The monoisotopic (exact) mass is 854 g/mol. The molecule has 0 aromatic rings. The van der Waals surface area contributed by atoms with Gasteiger partial charge < -0.3 is 27.9 Å². The zero-order valence-corrected chi connectivity index (χ0v) is 39.8. The van der Waals surface area contributed by atoms with E-state index in [0.717, 1.165) is 64.2 Å². The molecule has 0 aliphatic heterocycles. The highest BCUT2D eigenvalue weighted by atomic mass is 31.2. The summed E-state index contributed by atoms with van der Waals surface area (Å²) >= 11 is 0. The second-order valence-electron chi connectivity index (χ2n) is 17.5. The second kappa shape index (κ2) is 41.6. The minimum Gasteiger partial charge on any atom is -0.756 e. The number of esters is 2. The topological polar surface area (TPSA) is 111 Å². The number of hydrogen-bond donors (Lipinski definition) is 0. The Kier molecular flexibility index (Phi) is 40.3. The number of nitrogens with zero attached hydrogens (tertiary/aromatic N) is 1. The van der Waals surface area contributed by atoms with Gasteiger partial charge >= 0.3 is 11.9 Å². The largest absolute Gasteiger partial charge is 0.756 e. The number of phosphoric ester groups is 1. The number of ether oxygens (including phenoxy) is 2. The van der Waals surface area contributed by atoms with Crippen LogP contribution < -0.4 is 4.89 Å². The van der Waals surface area contributed by atoms with Crippen molar-refractivity contribution in [2.75, 3.05) is 47.5 Å². The lowest BCUT2D eigenvalue weighted by Crippen LogP contribution is -2.37. The van der Waals surface area contributed by atoms with E-state index in [1.54, 1.807) is 0 Å². The molecule has 0 rings (SSSR count). The average molecular weight is 854 g/mol. The van der Waals surface area contributed by atoms with Crippen LogP contribution in [0.2, 0.25) is 0 Å². The van der Waals surface area contributed by atoms with Gasteiger partial charge in [0.1, 0.15) is 19.8 Å². The fourth-order valence-corrected chi connectivity index (χ4v) is 7.29. The molecule has 0 bridgehead atoms. The van der Waals surface area contributed by atoms with Crippen LogP contribution in [0.5, 0.6) is 0 Å². The molecule has 0 saturated carbocycles. The van der Waals surface area contributed by atoms with E-state index in [9.17, 15) is 19.0 Å². The molecule has 0 N–H and O–H groups in total. The quantitative estimate of drug-likeness (QED) is 0.0196. The average Bonchev–Trinajstić information content (AvgIpc) is 3.19. The minimum absolute atomic E-state index is 0.0323. The number of hydrogen-bond acceptors (Lipinski definition) is 8. The Morgan fingerprint density at radius 3 is 1.39 bits per heavy atom. The van der Waals surface area contributed by atoms with Gasteiger partial charge in [0.15, 0.2) is 6.10 Å². The SMILES string of the molecule is CCCCC/C=C\CCCCCCCC(=O)OCC(COP(=O)([O-])OCC[N+](C)(C)C)OC(=O)CCCCCCCCCCCCC/C=C\C/C=C\CCCCCCC. The Labute approximate surface area is 363 Å². The molecule has 0 aromatic carbocycles. The van der Waals surface area contributed by atoms with Crippen LogP contribution in [0.4, 0.5) is 0 Å². The van der Waals surface area contributed by atoms with Crippen molar-refractivity contribution in [3.8, 4) is 0 Å². The molecule has 0 radical (unpaired) electrons. The lowest BCUT2D eigenvalue weighted by atomic mass is 10.0. The maximum Gasteiger partial charge on any atom is 0.306 e. The number of unbranched alkanes of at least 4 members (excludes halogenated alkanes) is 24. The second-order valence-corrected chi connectivity index (χ2v) is 18.9. The zero-order valence-electron chi connectivity index (χ0n) is 39.0. The summed E-state index contributed by atoms with van der Waals surface area (Å²) in [7, 11) is 1.16. The van der Waals surface area contributed by atoms with Crippen molar-refractivity contribution in [3.63, 3.8) is 0 Å². The molecule has 10 heteroatoms. The molecule has 59 heavy (non-hydrogen) atoms. The van der Waals surface area contributed by atoms with Crippen molar-refractivity contribution in [1.29, 1.82) is 0 Å². The highest BCUT2D eigenvalue weighted by Crippen LogP contribution is 2.38. The Morgan fingerprint density at radius 1 is 0.525 bits per heavy atom. The van der Waals surface area contributed by atoms with E-state index >= 15 is 0 Å². The Morgan fingerprint density at radius 2 is 0.915 bits per heavy atom. The summed E-state index contributed by atoms with van der Waals surface area (Å²) in [6, 6.07) is 0. The number of phosphoric acid groups is 1. The maximum absolute atomic E-state index is 12.7. The van der Waals surface area contributed by atoms with Crippen molar-refractivity contribution in [1.82, 2.24) is 0 Å². The minimum atomic E-state index is -4.63. The van der Waals surface area contributed by atoms with Gasteiger partial charge in [-0.3, -0.25) is 14.2 Å². The van der Waals surface area contributed by atoms with Crippen molar-refractivity contribution in [2.45, 2.75) is 219 Å². The van der Waals surface area contributed by atoms with Crippen molar-refractivity contribution in [3.05, 3.63) is 36.5 Å². The molecule has 0 aliphatic carbocycles. The van der Waals surface area contributed by atoms with Crippen LogP contribution in [-0.4, -0.2) is 70.0 Å². The predicted octanol–water partition coefficient (Wildman–Crippen LogP) is 13.5. The fourth-order valence-electron chi connectivity index (χ4n) is 6.56. The predicted molar refractivity (Wildman–Crippen MR) is 245 cm³/mol. The lowest BCUT2D eigenvalue weighted by molar-refractivity contribution is -0.870. The van der Waals surface area contributed by atoms with Gasteiger partial charge in [-0.1, -0.05) is 166 Å². The molecule has 346 valence electrons. The van der Waals surface area contributed by atoms with Crippen LogP contribution in [0.1, 0.15) is 213 Å². The molecule has 0 amide bonds.